The smallest absolute Gasteiger partial charge is 0.422 e. The van der Waals surface area contributed by atoms with Crippen LogP contribution < -0.4 is 10.2 Å². The van der Waals surface area contributed by atoms with Gasteiger partial charge in [0.15, 0.2) is 6.61 Å². The highest BCUT2D eigenvalue weighted by Crippen LogP contribution is 2.31. The minimum Gasteiger partial charge on any atom is -0.484 e. The zero-order chi connectivity index (χ0) is 20.9. The molecule has 1 aliphatic rings. The zero-order valence-electron chi connectivity index (χ0n) is 17.0. The molecule has 0 aliphatic carbocycles. The van der Waals surface area contributed by atoms with Crippen molar-refractivity contribution in [2.45, 2.75) is 57.8 Å². The maximum absolute atomic E-state index is 12.6. The summed E-state index contributed by atoms with van der Waals surface area (Å²) in [6.07, 6.45) is -1.03. The Balaban J connectivity index is 1.75. The first kappa shape index (κ1) is 21.7. The van der Waals surface area contributed by atoms with Crippen LogP contribution in [0, 0.1) is 0 Å². The number of piperidine rings is 1. The second-order valence-corrected chi connectivity index (χ2v) is 7.88. The van der Waals surface area contributed by atoms with E-state index in [2.05, 4.69) is 36.4 Å². The summed E-state index contributed by atoms with van der Waals surface area (Å²) in [5.41, 5.74) is 6.55. The van der Waals surface area contributed by atoms with Gasteiger partial charge < -0.3 is 4.74 Å². The average molecular weight is 406 g/mol. The number of nitrogens with zero attached hydrogens (tertiary/aromatic N) is 1. The second-order valence-electron chi connectivity index (χ2n) is 7.88. The van der Waals surface area contributed by atoms with Crippen LogP contribution in [0.2, 0.25) is 0 Å². The molecule has 2 aromatic carbocycles. The van der Waals surface area contributed by atoms with Crippen LogP contribution in [0.1, 0.15) is 61.8 Å². The summed E-state index contributed by atoms with van der Waals surface area (Å²) in [7, 11) is 0. The lowest BCUT2D eigenvalue weighted by atomic mass is 9.97. The molecule has 0 bridgehead atoms. The molecule has 1 fully saturated rings. The van der Waals surface area contributed by atoms with Gasteiger partial charge in [-0.2, -0.15) is 13.2 Å². The van der Waals surface area contributed by atoms with Crippen LogP contribution in [-0.4, -0.2) is 24.3 Å². The summed E-state index contributed by atoms with van der Waals surface area (Å²) in [5, 5.41) is 2.22. The highest BCUT2D eigenvalue weighted by atomic mass is 19.4. The normalized spacial score (nSPS) is 18.2. The molecule has 0 aromatic heterocycles. The fraction of sp³-hybridized carbons (Fsp3) is 0.478. The predicted molar refractivity (Wildman–Crippen MR) is 109 cm³/mol. The Morgan fingerprint density at radius 1 is 1.10 bits per heavy atom. The summed E-state index contributed by atoms with van der Waals surface area (Å²) < 4.78 is 43.0. The minimum absolute atomic E-state index is 0.262. The lowest BCUT2D eigenvalue weighted by molar-refractivity contribution is -0.153. The number of rotatable bonds is 7. The molecule has 1 N–H and O–H groups in total. The summed E-state index contributed by atoms with van der Waals surface area (Å²) in [6, 6.07) is 16.0. The van der Waals surface area contributed by atoms with Gasteiger partial charge in [-0.3, -0.25) is 5.43 Å². The molecule has 3 nitrogen and oxygen atoms in total. The Morgan fingerprint density at radius 2 is 1.86 bits per heavy atom. The van der Waals surface area contributed by atoms with Crippen molar-refractivity contribution in [1.29, 1.82) is 0 Å². The van der Waals surface area contributed by atoms with E-state index < -0.39 is 12.8 Å². The van der Waals surface area contributed by atoms with Crippen molar-refractivity contribution >= 4 is 0 Å². The molecular weight excluding hydrogens is 377 g/mol. The fourth-order valence-electron chi connectivity index (χ4n) is 3.73. The van der Waals surface area contributed by atoms with Gasteiger partial charge in [0, 0.05) is 24.7 Å². The number of hydrogen-bond acceptors (Lipinski definition) is 3. The average Bonchev–Trinajstić information content (AvgIpc) is 2.71. The monoisotopic (exact) mass is 406 g/mol. The van der Waals surface area contributed by atoms with Crippen LogP contribution in [0.3, 0.4) is 0 Å². The molecule has 0 amide bonds. The first-order valence-corrected chi connectivity index (χ1v) is 10.2. The Hall–Kier alpha value is -2.05. The van der Waals surface area contributed by atoms with E-state index in [0.29, 0.717) is 6.54 Å². The lowest BCUT2D eigenvalue weighted by Crippen LogP contribution is -2.43. The van der Waals surface area contributed by atoms with E-state index in [1.807, 2.05) is 30.3 Å². The summed E-state index contributed by atoms with van der Waals surface area (Å²) in [4.78, 5) is 0. The summed E-state index contributed by atoms with van der Waals surface area (Å²) >= 11 is 0. The summed E-state index contributed by atoms with van der Waals surface area (Å²) in [5.74, 6) is 0.574. The molecule has 0 saturated carbocycles. The van der Waals surface area contributed by atoms with Crippen LogP contribution in [0.5, 0.6) is 5.75 Å². The van der Waals surface area contributed by atoms with Gasteiger partial charge in [0.1, 0.15) is 5.75 Å². The van der Waals surface area contributed by atoms with Crippen molar-refractivity contribution in [3.63, 3.8) is 0 Å². The van der Waals surface area contributed by atoms with Gasteiger partial charge in [-0.15, -0.1) is 0 Å². The summed E-state index contributed by atoms with van der Waals surface area (Å²) in [6.45, 7) is 4.19. The molecule has 158 valence electrons. The van der Waals surface area contributed by atoms with Gasteiger partial charge in [0.05, 0.1) is 0 Å². The number of alkyl halides is 3. The third-order valence-electron chi connectivity index (χ3n) is 5.30. The zero-order valence-corrected chi connectivity index (χ0v) is 17.0. The number of hydrogen-bond donors (Lipinski definition) is 1. The highest BCUT2D eigenvalue weighted by molar-refractivity contribution is 5.38. The molecule has 29 heavy (non-hydrogen) atoms. The molecule has 2 aromatic rings. The molecule has 1 saturated heterocycles. The van der Waals surface area contributed by atoms with Gasteiger partial charge in [-0.1, -0.05) is 62.7 Å². The third kappa shape index (κ3) is 6.21. The maximum Gasteiger partial charge on any atom is 0.422 e. The van der Waals surface area contributed by atoms with E-state index in [9.17, 15) is 13.2 Å². The largest absolute Gasteiger partial charge is 0.484 e. The van der Waals surface area contributed by atoms with Gasteiger partial charge >= 0.3 is 6.18 Å². The highest BCUT2D eigenvalue weighted by Gasteiger charge is 2.29. The lowest BCUT2D eigenvalue weighted by Gasteiger charge is -2.36. The number of halogens is 3. The Morgan fingerprint density at radius 3 is 2.55 bits per heavy atom. The quantitative estimate of drug-likeness (QED) is 0.612. The van der Waals surface area contributed by atoms with Gasteiger partial charge in [0.25, 0.3) is 0 Å². The second kappa shape index (κ2) is 9.63. The first-order chi connectivity index (χ1) is 13.8. The van der Waals surface area contributed by atoms with Gasteiger partial charge in [-0.05, 0) is 36.0 Å². The van der Waals surface area contributed by atoms with E-state index >= 15 is 0 Å². The fourth-order valence-corrected chi connectivity index (χ4v) is 3.73. The van der Waals surface area contributed by atoms with Crippen molar-refractivity contribution in [3.05, 3.63) is 65.2 Å². The van der Waals surface area contributed by atoms with Crippen molar-refractivity contribution in [3.8, 4) is 5.75 Å². The molecule has 0 spiro atoms. The molecule has 1 atom stereocenters. The number of nitrogens with one attached hydrogen (secondary N) is 1. The molecule has 0 radical (unpaired) electrons. The van der Waals surface area contributed by atoms with E-state index in [-0.39, 0.29) is 17.7 Å². The molecular formula is C23H29F3N2O. The van der Waals surface area contributed by atoms with Gasteiger partial charge in [-0.25, -0.2) is 5.01 Å². The topological polar surface area (TPSA) is 24.5 Å². The standard InChI is InChI=1S/C23H29F3N2O/c1-17(2)19-11-12-22(29-16-23(24,25)26)20(14-19)15-27-28-13-7-6-10-21(28)18-8-4-3-5-9-18/h3-5,8-9,11-12,14,17,21,27H,6-7,10,13,15-16H2,1-2H3. The maximum atomic E-state index is 12.6. The number of hydrazine groups is 1. The Labute approximate surface area is 170 Å². The molecule has 6 heteroatoms. The SMILES string of the molecule is CC(C)c1ccc(OCC(F)(F)F)c(CNN2CCCCC2c2ccccc2)c1. The predicted octanol–water partition coefficient (Wildman–Crippen LogP) is 5.98. The van der Waals surface area contributed by atoms with Crippen molar-refractivity contribution in [1.82, 2.24) is 10.4 Å². The van der Waals surface area contributed by atoms with Crippen LogP contribution >= 0.6 is 0 Å². The third-order valence-corrected chi connectivity index (χ3v) is 5.30. The van der Waals surface area contributed by atoms with Crippen LogP contribution in [0.15, 0.2) is 48.5 Å². The minimum atomic E-state index is -4.35. The van der Waals surface area contributed by atoms with Crippen LogP contribution in [0.25, 0.3) is 0 Å². The Bertz CT molecular complexity index is 777. The molecule has 1 unspecified atom stereocenters. The number of ether oxygens (including phenoxy) is 1. The first-order valence-electron chi connectivity index (χ1n) is 10.2. The van der Waals surface area contributed by atoms with Crippen LogP contribution in [-0.2, 0) is 6.54 Å². The van der Waals surface area contributed by atoms with Crippen molar-refractivity contribution in [2.24, 2.45) is 0 Å². The van der Waals surface area contributed by atoms with Gasteiger partial charge in [0.2, 0.25) is 0 Å². The molecule has 3 rings (SSSR count). The molecule has 1 heterocycles. The van der Waals surface area contributed by atoms with E-state index in [1.54, 1.807) is 6.07 Å². The van der Waals surface area contributed by atoms with Crippen molar-refractivity contribution < 1.29 is 17.9 Å². The van der Waals surface area contributed by atoms with E-state index in [4.69, 9.17) is 4.74 Å². The van der Waals surface area contributed by atoms with E-state index in [0.717, 1.165) is 30.5 Å². The Kier molecular flexibility index (Phi) is 7.19. The van der Waals surface area contributed by atoms with Crippen LogP contribution in [0.4, 0.5) is 13.2 Å². The van der Waals surface area contributed by atoms with E-state index in [1.165, 1.54) is 12.0 Å². The van der Waals surface area contributed by atoms with Crippen molar-refractivity contribution in [2.75, 3.05) is 13.2 Å². The number of benzene rings is 2. The molecule has 1 aliphatic heterocycles.